The van der Waals surface area contributed by atoms with E-state index in [4.69, 9.17) is 9.47 Å². The molecule has 6 nitrogen and oxygen atoms in total. The second-order valence-corrected chi connectivity index (χ2v) is 7.50. The zero-order valence-corrected chi connectivity index (χ0v) is 17.7. The third kappa shape index (κ3) is 5.53. The molecule has 1 heterocycles. The van der Waals surface area contributed by atoms with Crippen LogP contribution in [0.15, 0.2) is 48.5 Å². The molecule has 2 amide bonds. The smallest absolute Gasteiger partial charge is 0.338 e. The summed E-state index contributed by atoms with van der Waals surface area (Å²) in [7, 11) is 1.69. The number of carbonyl (C=O) groups is 2. The predicted octanol–water partition coefficient (Wildman–Crippen LogP) is 5.06. The van der Waals surface area contributed by atoms with Crippen LogP contribution in [0.25, 0.3) is 0 Å². The second-order valence-electron chi connectivity index (χ2n) is 7.50. The van der Waals surface area contributed by atoms with Crippen molar-refractivity contribution in [2.24, 2.45) is 0 Å². The molecule has 0 saturated carbocycles. The number of hydrogen-bond acceptors (Lipinski definition) is 4. The quantitative estimate of drug-likeness (QED) is 0.511. The number of rotatable bonds is 7. The molecular formula is C24H30N2O4. The first-order chi connectivity index (χ1) is 14.6. The molecule has 2 aromatic rings. The van der Waals surface area contributed by atoms with Crippen molar-refractivity contribution in [3.05, 3.63) is 59.7 Å². The normalized spacial score (nSPS) is 14.3. The summed E-state index contributed by atoms with van der Waals surface area (Å²) in [4.78, 5) is 26.4. The molecule has 0 atom stereocenters. The molecule has 6 heteroatoms. The number of hydrogen-bond donors (Lipinski definition) is 1. The van der Waals surface area contributed by atoms with Crippen molar-refractivity contribution in [1.29, 1.82) is 0 Å². The number of likely N-dealkylation sites (tertiary alicyclic amines) is 1. The van der Waals surface area contributed by atoms with E-state index in [1.54, 1.807) is 31.4 Å². The predicted molar refractivity (Wildman–Crippen MR) is 117 cm³/mol. The first-order valence-electron chi connectivity index (χ1n) is 10.6. The van der Waals surface area contributed by atoms with Gasteiger partial charge in [-0.3, -0.25) is 0 Å². The highest BCUT2D eigenvalue weighted by atomic mass is 16.5. The van der Waals surface area contributed by atoms with Crippen molar-refractivity contribution < 1.29 is 19.1 Å². The Kier molecular flexibility index (Phi) is 7.71. The average Bonchev–Trinajstić information content (AvgIpc) is 2.79. The molecule has 0 radical (unpaired) electrons. The van der Waals surface area contributed by atoms with Gasteiger partial charge in [-0.25, -0.2) is 9.59 Å². The SMILES string of the molecule is CCCCOC(=O)c1ccc(NC(=O)N2CCC(c3ccccc3OC)CC2)cc1. The minimum Gasteiger partial charge on any atom is -0.496 e. The molecular weight excluding hydrogens is 380 g/mol. The highest BCUT2D eigenvalue weighted by molar-refractivity contribution is 5.92. The van der Waals surface area contributed by atoms with E-state index in [9.17, 15) is 9.59 Å². The highest BCUT2D eigenvalue weighted by Crippen LogP contribution is 2.34. The number of amides is 2. The zero-order chi connectivity index (χ0) is 21.3. The summed E-state index contributed by atoms with van der Waals surface area (Å²) in [6.07, 6.45) is 3.63. The van der Waals surface area contributed by atoms with Crippen LogP contribution in [-0.2, 0) is 4.74 Å². The van der Waals surface area contributed by atoms with Crippen molar-refractivity contribution in [3.63, 3.8) is 0 Å². The van der Waals surface area contributed by atoms with Crippen molar-refractivity contribution in [2.45, 2.75) is 38.5 Å². The molecule has 30 heavy (non-hydrogen) atoms. The number of methoxy groups -OCH3 is 1. The van der Waals surface area contributed by atoms with E-state index in [0.29, 0.717) is 36.9 Å². The summed E-state index contributed by atoms with van der Waals surface area (Å²) < 4.78 is 10.7. The number of para-hydroxylation sites is 1. The van der Waals surface area contributed by atoms with Gasteiger partial charge in [-0.05, 0) is 61.1 Å². The van der Waals surface area contributed by atoms with Crippen LogP contribution < -0.4 is 10.1 Å². The van der Waals surface area contributed by atoms with Gasteiger partial charge in [-0.2, -0.15) is 0 Å². The number of unbranched alkanes of at least 4 members (excludes halogenated alkanes) is 1. The van der Waals surface area contributed by atoms with E-state index in [0.717, 1.165) is 31.4 Å². The summed E-state index contributed by atoms with van der Waals surface area (Å²) >= 11 is 0. The second kappa shape index (κ2) is 10.7. The van der Waals surface area contributed by atoms with Gasteiger partial charge in [0.15, 0.2) is 0 Å². The number of carbonyl (C=O) groups excluding carboxylic acids is 2. The lowest BCUT2D eigenvalue weighted by atomic mass is 9.89. The Bertz CT molecular complexity index is 843. The maximum absolute atomic E-state index is 12.6. The maximum Gasteiger partial charge on any atom is 0.338 e. The van der Waals surface area contributed by atoms with Gasteiger partial charge in [0.2, 0.25) is 0 Å². The Morgan fingerprint density at radius 2 is 1.77 bits per heavy atom. The van der Waals surface area contributed by atoms with Gasteiger partial charge >= 0.3 is 12.0 Å². The van der Waals surface area contributed by atoms with E-state index in [-0.39, 0.29) is 12.0 Å². The topological polar surface area (TPSA) is 67.9 Å². The molecule has 1 fully saturated rings. The number of nitrogens with zero attached hydrogens (tertiary/aromatic N) is 1. The number of esters is 1. The summed E-state index contributed by atoms with van der Waals surface area (Å²) in [5, 5.41) is 2.92. The van der Waals surface area contributed by atoms with Crippen LogP contribution in [0.1, 0.15) is 54.4 Å². The molecule has 0 unspecified atom stereocenters. The Morgan fingerprint density at radius 1 is 1.07 bits per heavy atom. The van der Waals surface area contributed by atoms with Crippen molar-refractivity contribution in [3.8, 4) is 5.75 Å². The van der Waals surface area contributed by atoms with Gasteiger partial charge in [-0.1, -0.05) is 31.5 Å². The van der Waals surface area contributed by atoms with E-state index in [1.165, 1.54) is 5.56 Å². The zero-order valence-electron chi connectivity index (χ0n) is 17.7. The van der Waals surface area contributed by atoms with Crippen molar-refractivity contribution >= 4 is 17.7 Å². The molecule has 0 aromatic heterocycles. The summed E-state index contributed by atoms with van der Waals surface area (Å²) in [5.41, 5.74) is 2.36. The van der Waals surface area contributed by atoms with Gasteiger partial charge in [0.05, 0.1) is 19.3 Å². The number of nitrogens with one attached hydrogen (secondary N) is 1. The Hall–Kier alpha value is -3.02. The van der Waals surface area contributed by atoms with Gasteiger partial charge in [0.25, 0.3) is 0 Å². The van der Waals surface area contributed by atoms with Crippen molar-refractivity contribution in [1.82, 2.24) is 4.90 Å². The van der Waals surface area contributed by atoms with Crippen LogP contribution in [0.2, 0.25) is 0 Å². The summed E-state index contributed by atoms with van der Waals surface area (Å²) in [6.45, 7) is 3.86. The number of urea groups is 1. The van der Waals surface area contributed by atoms with Crippen LogP contribution in [0.4, 0.5) is 10.5 Å². The largest absolute Gasteiger partial charge is 0.496 e. The molecule has 160 valence electrons. The maximum atomic E-state index is 12.6. The average molecular weight is 411 g/mol. The molecule has 0 bridgehead atoms. The van der Waals surface area contributed by atoms with Crippen LogP contribution in [0.3, 0.4) is 0 Å². The van der Waals surface area contributed by atoms with Crippen LogP contribution in [-0.4, -0.2) is 43.7 Å². The molecule has 1 saturated heterocycles. The first-order valence-corrected chi connectivity index (χ1v) is 10.6. The van der Waals surface area contributed by atoms with E-state index in [1.807, 2.05) is 30.0 Å². The Labute approximate surface area is 178 Å². The van der Waals surface area contributed by atoms with Crippen LogP contribution in [0, 0.1) is 0 Å². The summed E-state index contributed by atoms with van der Waals surface area (Å²) in [5.74, 6) is 0.969. The van der Waals surface area contributed by atoms with Crippen molar-refractivity contribution in [2.75, 3.05) is 32.1 Å². The van der Waals surface area contributed by atoms with Gasteiger partial charge in [0, 0.05) is 18.8 Å². The number of anilines is 1. The van der Waals surface area contributed by atoms with E-state index in [2.05, 4.69) is 11.4 Å². The fourth-order valence-corrected chi connectivity index (χ4v) is 3.68. The van der Waals surface area contributed by atoms with Crippen LogP contribution in [0.5, 0.6) is 5.75 Å². The lowest BCUT2D eigenvalue weighted by Crippen LogP contribution is -2.40. The number of ether oxygens (including phenoxy) is 2. The lowest BCUT2D eigenvalue weighted by Gasteiger charge is -2.32. The van der Waals surface area contributed by atoms with Gasteiger partial charge in [0.1, 0.15) is 5.75 Å². The Morgan fingerprint density at radius 3 is 2.43 bits per heavy atom. The van der Waals surface area contributed by atoms with Gasteiger partial charge in [-0.15, -0.1) is 0 Å². The third-order valence-electron chi connectivity index (χ3n) is 5.46. The van der Waals surface area contributed by atoms with Crippen LogP contribution >= 0.6 is 0 Å². The fraction of sp³-hybridized carbons (Fsp3) is 0.417. The fourth-order valence-electron chi connectivity index (χ4n) is 3.68. The monoisotopic (exact) mass is 410 g/mol. The first kappa shape index (κ1) is 21.7. The summed E-state index contributed by atoms with van der Waals surface area (Å²) in [6, 6.07) is 14.8. The Balaban J connectivity index is 1.50. The molecule has 0 aliphatic carbocycles. The molecule has 0 spiro atoms. The molecule has 2 aromatic carbocycles. The molecule has 1 aliphatic heterocycles. The number of benzene rings is 2. The third-order valence-corrected chi connectivity index (χ3v) is 5.46. The van der Waals surface area contributed by atoms with E-state index < -0.39 is 0 Å². The van der Waals surface area contributed by atoms with E-state index >= 15 is 0 Å². The standard InChI is InChI=1S/C24H30N2O4/c1-3-4-17-30-23(27)19-9-11-20(12-10-19)25-24(28)26-15-13-18(14-16-26)21-7-5-6-8-22(21)29-2/h5-12,18H,3-4,13-17H2,1-2H3,(H,25,28). The minimum absolute atomic E-state index is 0.119. The highest BCUT2D eigenvalue weighted by Gasteiger charge is 2.25. The molecule has 1 N–H and O–H groups in total. The lowest BCUT2D eigenvalue weighted by molar-refractivity contribution is 0.0500. The molecule has 1 aliphatic rings. The number of piperidine rings is 1. The molecule has 3 rings (SSSR count). The van der Waals surface area contributed by atoms with Gasteiger partial charge < -0.3 is 19.7 Å². The minimum atomic E-state index is -0.334.